The molecule has 0 aliphatic carbocycles. The van der Waals surface area contributed by atoms with Crippen LogP contribution in [0.1, 0.15) is 23.3 Å². The van der Waals surface area contributed by atoms with E-state index in [0.29, 0.717) is 17.4 Å². The van der Waals surface area contributed by atoms with Crippen LogP contribution < -0.4 is 5.32 Å². The summed E-state index contributed by atoms with van der Waals surface area (Å²) >= 11 is 0. The molecule has 2 N–H and O–H groups in total. The molecule has 0 radical (unpaired) electrons. The van der Waals surface area contributed by atoms with Crippen LogP contribution >= 0.6 is 12.4 Å². The van der Waals surface area contributed by atoms with Gasteiger partial charge in [-0.25, -0.2) is 4.98 Å². The van der Waals surface area contributed by atoms with E-state index in [2.05, 4.69) is 42.6 Å². The molecule has 0 spiro atoms. The SMILES string of the molecule is Cc1cc(-c2nc(C3CNCCN3C)no2)c2c(C)[nH]nc2n1.Cl. The van der Waals surface area contributed by atoms with E-state index in [0.717, 1.165) is 42.0 Å². The van der Waals surface area contributed by atoms with E-state index in [1.54, 1.807) is 0 Å². The quantitative estimate of drug-likeness (QED) is 0.725. The lowest BCUT2D eigenvalue weighted by atomic mass is 10.1. The van der Waals surface area contributed by atoms with E-state index >= 15 is 0 Å². The number of pyridine rings is 1. The molecule has 4 rings (SSSR count). The first-order valence-corrected chi connectivity index (χ1v) is 7.70. The first-order chi connectivity index (χ1) is 11.1. The average Bonchev–Trinajstić information content (AvgIpc) is 3.15. The van der Waals surface area contributed by atoms with Crippen LogP contribution in [0.5, 0.6) is 0 Å². The maximum absolute atomic E-state index is 5.55. The minimum Gasteiger partial charge on any atom is -0.334 e. The molecule has 3 aromatic heterocycles. The molecule has 1 fully saturated rings. The number of likely N-dealkylation sites (N-methyl/N-ethyl adjacent to an activating group) is 1. The molecule has 1 saturated heterocycles. The van der Waals surface area contributed by atoms with Crippen molar-refractivity contribution in [2.45, 2.75) is 19.9 Å². The third kappa shape index (κ3) is 2.77. The van der Waals surface area contributed by atoms with Crippen LogP contribution in [0.15, 0.2) is 10.6 Å². The topological polar surface area (TPSA) is 95.8 Å². The van der Waals surface area contributed by atoms with Crippen LogP contribution in [-0.4, -0.2) is 56.9 Å². The van der Waals surface area contributed by atoms with E-state index in [4.69, 9.17) is 4.52 Å². The molecule has 1 aliphatic heterocycles. The number of halogens is 1. The Labute approximate surface area is 145 Å². The Morgan fingerprint density at radius 2 is 2.12 bits per heavy atom. The minimum atomic E-state index is 0. The molecule has 8 nitrogen and oxygen atoms in total. The van der Waals surface area contributed by atoms with Gasteiger partial charge in [-0.15, -0.1) is 12.4 Å². The van der Waals surface area contributed by atoms with Gasteiger partial charge in [0.05, 0.1) is 17.0 Å². The van der Waals surface area contributed by atoms with Gasteiger partial charge in [-0.2, -0.15) is 10.1 Å². The van der Waals surface area contributed by atoms with Gasteiger partial charge in [0.2, 0.25) is 0 Å². The molecule has 0 bridgehead atoms. The lowest BCUT2D eigenvalue weighted by Gasteiger charge is -2.30. The molecular formula is C15H20ClN7O. The monoisotopic (exact) mass is 349 g/mol. The number of aryl methyl sites for hydroxylation is 2. The third-order valence-electron chi connectivity index (χ3n) is 4.31. The predicted molar refractivity (Wildman–Crippen MR) is 92.1 cm³/mol. The number of aromatic nitrogens is 5. The fourth-order valence-electron chi connectivity index (χ4n) is 3.04. The maximum Gasteiger partial charge on any atom is 0.258 e. The minimum absolute atomic E-state index is 0. The van der Waals surface area contributed by atoms with Gasteiger partial charge in [-0.1, -0.05) is 5.16 Å². The fraction of sp³-hybridized carbons (Fsp3) is 0.467. The summed E-state index contributed by atoms with van der Waals surface area (Å²) in [4.78, 5) is 11.3. The lowest BCUT2D eigenvalue weighted by Crippen LogP contribution is -2.44. The highest BCUT2D eigenvalue weighted by atomic mass is 35.5. The summed E-state index contributed by atoms with van der Waals surface area (Å²) in [5.74, 6) is 1.22. The molecule has 3 aromatic rings. The number of nitrogens with one attached hydrogen (secondary N) is 2. The number of fused-ring (bicyclic) bond motifs is 1. The Kier molecular flexibility index (Phi) is 4.53. The van der Waals surface area contributed by atoms with Gasteiger partial charge in [-0.3, -0.25) is 10.00 Å². The van der Waals surface area contributed by atoms with Gasteiger partial charge < -0.3 is 9.84 Å². The van der Waals surface area contributed by atoms with Gasteiger partial charge >= 0.3 is 0 Å². The number of rotatable bonds is 2. The second-order valence-electron chi connectivity index (χ2n) is 6.02. The molecule has 9 heteroatoms. The molecule has 1 atom stereocenters. The van der Waals surface area contributed by atoms with Crippen molar-refractivity contribution in [1.82, 2.24) is 35.5 Å². The van der Waals surface area contributed by atoms with Crippen molar-refractivity contribution in [2.75, 3.05) is 26.7 Å². The van der Waals surface area contributed by atoms with Crippen LogP contribution in [-0.2, 0) is 0 Å². The number of H-pyrrole nitrogens is 1. The molecule has 24 heavy (non-hydrogen) atoms. The Morgan fingerprint density at radius 1 is 1.29 bits per heavy atom. The van der Waals surface area contributed by atoms with Crippen molar-refractivity contribution in [3.8, 4) is 11.5 Å². The summed E-state index contributed by atoms with van der Waals surface area (Å²) in [6.45, 7) is 6.67. The van der Waals surface area contributed by atoms with E-state index in [-0.39, 0.29) is 18.4 Å². The number of nitrogens with zero attached hydrogens (tertiary/aromatic N) is 5. The third-order valence-corrected chi connectivity index (χ3v) is 4.31. The molecule has 0 saturated carbocycles. The van der Waals surface area contributed by atoms with Gasteiger partial charge in [0.15, 0.2) is 11.5 Å². The van der Waals surface area contributed by atoms with Crippen molar-refractivity contribution >= 4 is 23.4 Å². The van der Waals surface area contributed by atoms with Crippen molar-refractivity contribution in [3.05, 3.63) is 23.3 Å². The summed E-state index contributed by atoms with van der Waals surface area (Å²) in [6.07, 6.45) is 0. The normalized spacial score (nSPS) is 18.7. The van der Waals surface area contributed by atoms with Gasteiger partial charge in [0.25, 0.3) is 5.89 Å². The van der Waals surface area contributed by atoms with Crippen LogP contribution in [0.4, 0.5) is 0 Å². The van der Waals surface area contributed by atoms with Crippen LogP contribution in [0.3, 0.4) is 0 Å². The first kappa shape index (κ1) is 16.8. The van der Waals surface area contributed by atoms with Crippen molar-refractivity contribution in [3.63, 3.8) is 0 Å². The first-order valence-electron chi connectivity index (χ1n) is 7.70. The maximum atomic E-state index is 5.55. The van der Waals surface area contributed by atoms with E-state index in [9.17, 15) is 0 Å². The van der Waals surface area contributed by atoms with Gasteiger partial charge in [-0.05, 0) is 27.0 Å². The Balaban J connectivity index is 0.00000169. The largest absolute Gasteiger partial charge is 0.334 e. The summed E-state index contributed by atoms with van der Waals surface area (Å²) in [5.41, 5.74) is 3.37. The molecule has 0 amide bonds. The summed E-state index contributed by atoms with van der Waals surface area (Å²) in [6, 6.07) is 2.09. The summed E-state index contributed by atoms with van der Waals surface area (Å²) < 4.78 is 5.55. The molecule has 4 heterocycles. The molecule has 1 aliphatic rings. The Morgan fingerprint density at radius 3 is 2.92 bits per heavy atom. The van der Waals surface area contributed by atoms with Crippen LogP contribution in [0.25, 0.3) is 22.5 Å². The van der Waals surface area contributed by atoms with Crippen LogP contribution in [0.2, 0.25) is 0 Å². The smallest absolute Gasteiger partial charge is 0.258 e. The number of aromatic amines is 1. The zero-order valence-electron chi connectivity index (χ0n) is 13.8. The second kappa shape index (κ2) is 6.46. The van der Waals surface area contributed by atoms with Gasteiger partial charge in [0, 0.05) is 31.0 Å². The lowest BCUT2D eigenvalue weighted by molar-refractivity contribution is 0.190. The fourth-order valence-corrected chi connectivity index (χ4v) is 3.04. The zero-order chi connectivity index (χ0) is 16.0. The molecular weight excluding hydrogens is 330 g/mol. The van der Waals surface area contributed by atoms with Crippen LogP contribution in [0, 0.1) is 13.8 Å². The number of hydrogen-bond acceptors (Lipinski definition) is 7. The van der Waals surface area contributed by atoms with Crippen molar-refractivity contribution < 1.29 is 4.52 Å². The molecule has 0 aromatic carbocycles. The molecule has 1 unspecified atom stereocenters. The van der Waals surface area contributed by atoms with Gasteiger partial charge in [0.1, 0.15) is 0 Å². The van der Waals surface area contributed by atoms with E-state index in [1.165, 1.54) is 0 Å². The highest BCUT2D eigenvalue weighted by Gasteiger charge is 2.26. The number of piperazine rings is 1. The number of hydrogen-bond donors (Lipinski definition) is 2. The Hall–Kier alpha value is -2.03. The summed E-state index contributed by atoms with van der Waals surface area (Å²) in [7, 11) is 2.08. The molecule has 128 valence electrons. The highest BCUT2D eigenvalue weighted by Crippen LogP contribution is 2.30. The van der Waals surface area contributed by atoms with E-state index < -0.39 is 0 Å². The van der Waals surface area contributed by atoms with E-state index in [1.807, 2.05) is 19.9 Å². The Bertz CT molecular complexity index is 859. The van der Waals surface area contributed by atoms with Crippen molar-refractivity contribution in [1.29, 1.82) is 0 Å². The predicted octanol–water partition coefficient (Wildman–Crippen LogP) is 1.62. The zero-order valence-corrected chi connectivity index (χ0v) is 14.6. The average molecular weight is 350 g/mol. The standard InChI is InChI=1S/C15H19N7O.ClH/c1-8-6-10(12-9(2)19-20-14(12)17-8)15-18-13(21-23-15)11-7-16-4-5-22(11)3;/h6,11,16H,4-5,7H2,1-3H3,(H,17,19,20);1H. The second-order valence-corrected chi connectivity index (χ2v) is 6.02. The highest BCUT2D eigenvalue weighted by molar-refractivity contribution is 5.92. The van der Waals surface area contributed by atoms with Crippen molar-refractivity contribution in [2.24, 2.45) is 0 Å². The summed E-state index contributed by atoms with van der Waals surface area (Å²) in [5, 5.41) is 15.7.